The van der Waals surface area contributed by atoms with Crippen LogP contribution in [0.5, 0.6) is 0 Å². The average molecular weight is 555 g/mol. The summed E-state index contributed by atoms with van der Waals surface area (Å²) in [5.74, 6) is -0.0250. The Morgan fingerprint density at radius 2 is 1.88 bits per heavy atom. The normalized spacial score (nSPS) is 21.6. The molecule has 3 amide bonds. The van der Waals surface area contributed by atoms with Gasteiger partial charge in [-0.25, -0.2) is 4.79 Å². The van der Waals surface area contributed by atoms with Gasteiger partial charge in [-0.2, -0.15) is 0 Å². The van der Waals surface area contributed by atoms with Crippen molar-refractivity contribution in [3.8, 4) is 0 Å². The summed E-state index contributed by atoms with van der Waals surface area (Å²) in [4.78, 5) is 45.1. The zero-order valence-corrected chi connectivity index (χ0v) is 24.1. The number of para-hydroxylation sites is 1. The largest absolute Gasteiger partial charge is 0.444 e. The van der Waals surface area contributed by atoms with Crippen LogP contribution in [0.3, 0.4) is 0 Å². The molecule has 0 spiro atoms. The van der Waals surface area contributed by atoms with Gasteiger partial charge < -0.3 is 33.5 Å². The maximum Gasteiger partial charge on any atom is 0.410 e. The number of hydrogen-bond acceptors (Lipinski definition) is 6. The molecule has 10 heteroatoms. The van der Waals surface area contributed by atoms with Gasteiger partial charge in [0.1, 0.15) is 12.1 Å². The van der Waals surface area contributed by atoms with Crippen LogP contribution in [0.2, 0.25) is 0 Å². The van der Waals surface area contributed by atoms with Crippen LogP contribution in [0, 0.1) is 0 Å². The smallest absolute Gasteiger partial charge is 0.410 e. The second kappa shape index (κ2) is 11.8. The number of aromatic nitrogens is 1. The number of nitrogens with zero attached hydrogens (tertiary/aromatic N) is 4. The van der Waals surface area contributed by atoms with E-state index in [-0.39, 0.29) is 43.6 Å². The predicted molar refractivity (Wildman–Crippen MR) is 150 cm³/mol. The molecule has 10 nitrogen and oxygen atoms in total. The van der Waals surface area contributed by atoms with Gasteiger partial charge >= 0.3 is 6.09 Å². The SMILES string of the molecule is COC[C@H]1CCCN1C(=O)Cn1cc(CN(C(=O)C2CN(C(=O)OC(C)(C)C)CCO2)C2CC2)c2ccccc21. The van der Waals surface area contributed by atoms with Crippen LogP contribution in [0.1, 0.15) is 52.0 Å². The summed E-state index contributed by atoms with van der Waals surface area (Å²) in [6.07, 6.45) is 4.70. The first kappa shape index (κ1) is 28.4. The van der Waals surface area contributed by atoms with E-state index in [1.54, 1.807) is 12.0 Å². The second-order valence-electron chi connectivity index (χ2n) is 12.1. The molecule has 2 aliphatic heterocycles. The Morgan fingerprint density at radius 1 is 1.10 bits per heavy atom. The van der Waals surface area contributed by atoms with E-state index in [1.807, 2.05) is 65.6 Å². The van der Waals surface area contributed by atoms with Crippen LogP contribution in [0.25, 0.3) is 10.9 Å². The number of rotatable bonds is 8. The first-order chi connectivity index (χ1) is 19.1. The number of ether oxygens (including phenoxy) is 3. The lowest BCUT2D eigenvalue weighted by Gasteiger charge is -2.35. The molecular formula is C30H42N4O6. The van der Waals surface area contributed by atoms with Gasteiger partial charge in [0.25, 0.3) is 5.91 Å². The summed E-state index contributed by atoms with van der Waals surface area (Å²) in [5, 5.41) is 1.03. The van der Waals surface area contributed by atoms with Gasteiger partial charge in [0.2, 0.25) is 5.91 Å². The Kier molecular flexibility index (Phi) is 8.37. The van der Waals surface area contributed by atoms with E-state index in [4.69, 9.17) is 14.2 Å². The number of likely N-dealkylation sites (tertiary alicyclic amines) is 1. The molecule has 1 unspecified atom stereocenters. The Bertz CT molecular complexity index is 1230. The minimum absolute atomic E-state index is 0.0832. The summed E-state index contributed by atoms with van der Waals surface area (Å²) in [7, 11) is 1.67. The molecule has 2 saturated heterocycles. The number of fused-ring (bicyclic) bond motifs is 1. The fourth-order valence-corrected chi connectivity index (χ4v) is 5.78. The highest BCUT2D eigenvalue weighted by Gasteiger charge is 2.40. The predicted octanol–water partition coefficient (Wildman–Crippen LogP) is 3.41. The molecule has 1 aromatic heterocycles. The number of methoxy groups -OCH3 is 1. The molecule has 3 aliphatic rings. The Hall–Kier alpha value is -3.11. The number of benzene rings is 1. The fraction of sp³-hybridized carbons (Fsp3) is 0.633. The molecule has 3 fully saturated rings. The standard InChI is InChI=1S/C30H42N4O6/c1-30(2,3)40-29(37)31-14-15-39-26(18-31)28(36)34(22-11-12-22)17-21-16-32(25-10-6-5-9-24(21)25)19-27(35)33-13-7-8-23(33)20-38-4/h5-6,9-10,16,22-23,26H,7-8,11-15,17-20H2,1-4H3/t23-,26?/m1/s1. The number of carbonyl (C=O) groups excluding carboxylic acids is 3. The van der Waals surface area contributed by atoms with Crippen molar-refractivity contribution < 1.29 is 28.6 Å². The van der Waals surface area contributed by atoms with Crippen molar-refractivity contribution in [3.05, 3.63) is 36.0 Å². The van der Waals surface area contributed by atoms with E-state index in [9.17, 15) is 14.4 Å². The summed E-state index contributed by atoms with van der Waals surface area (Å²) < 4.78 is 18.7. The number of morpholine rings is 1. The van der Waals surface area contributed by atoms with Gasteiger partial charge in [-0.3, -0.25) is 9.59 Å². The highest BCUT2D eigenvalue weighted by Crippen LogP contribution is 2.32. The van der Waals surface area contributed by atoms with Gasteiger partial charge in [0.15, 0.2) is 6.10 Å². The molecule has 5 rings (SSSR count). The van der Waals surface area contributed by atoms with Crippen molar-refractivity contribution in [2.45, 2.75) is 83.3 Å². The minimum atomic E-state index is -0.732. The molecular weight excluding hydrogens is 512 g/mol. The lowest BCUT2D eigenvalue weighted by molar-refractivity contribution is -0.150. The maximum absolute atomic E-state index is 13.8. The van der Waals surface area contributed by atoms with Crippen LogP contribution >= 0.6 is 0 Å². The zero-order valence-electron chi connectivity index (χ0n) is 24.1. The maximum atomic E-state index is 13.8. The van der Waals surface area contributed by atoms with Gasteiger partial charge in [-0.1, -0.05) is 18.2 Å². The molecule has 40 heavy (non-hydrogen) atoms. The molecule has 218 valence electrons. The van der Waals surface area contributed by atoms with E-state index in [0.717, 1.165) is 48.7 Å². The zero-order chi connectivity index (χ0) is 28.4. The highest BCUT2D eigenvalue weighted by molar-refractivity contribution is 5.88. The van der Waals surface area contributed by atoms with Gasteiger partial charge in [0.05, 0.1) is 25.8 Å². The molecule has 1 saturated carbocycles. The molecule has 1 aromatic carbocycles. The van der Waals surface area contributed by atoms with Gasteiger partial charge in [0, 0.05) is 49.9 Å². The first-order valence-corrected chi connectivity index (χ1v) is 14.4. The van der Waals surface area contributed by atoms with Crippen molar-refractivity contribution in [1.29, 1.82) is 0 Å². The van der Waals surface area contributed by atoms with Crippen LogP contribution < -0.4 is 0 Å². The van der Waals surface area contributed by atoms with Crippen molar-refractivity contribution in [2.75, 3.05) is 40.0 Å². The van der Waals surface area contributed by atoms with Crippen molar-refractivity contribution >= 4 is 28.8 Å². The monoisotopic (exact) mass is 554 g/mol. The summed E-state index contributed by atoms with van der Waals surface area (Å²) >= 11 is 0. The van der Waals surface area contributed by atoms with Crippen molar-refractivity contribution in [2.24, 2.45) is 0 Å². The quantitative estimate of drug-likeness (QED) is 0.497. The fourth-order valence-electron chi connectivity index (χ4n) is 5.78. The van der Waals surface area contributed by atoms with E-state index >= 15 is 0 Å². The van der Waals surface area contributed by atoms with Crippen LogP contribution in [-0.2, 0) is 36.9 Å². The van der Waals surface area contributed by atoms with E-state index in [1.165, 1.54) is 0 Å². The molecule has 0 radical (unpaired) electrons. The third-order valence-corrected chi connectivity index (χ3v) is 7.84. The first-order valence-electron chi connectivity index (χ1n) is 14.4. The molecule has 2 aromatic rings. The van der Waals surface area contributed by atoms with Crippen LogP contribution in [-0.4, -0.2) is 101 Å². The van der Waals surface area contributed by atoms with Crippen LogP contribution in [0.15, 0.2) is 30.5 Å². The molecule has 0 N–H and O–H groups in total. The minimum Gasteiger partial charge on any atom is -0.444 e. The van der Waals surface area contributed by atoms with Crippen molar-refractivity contribution in [1.82, 2.24) is 19.3 Å². The van der Waals surface area contributed by atoms with E-state index < -0.39 is 17.8 Å². The summed E-state index contributed by atoms with van der Waals surface area (Å²) in [6, 6.07) is 8.30. The van der Waals surface area contributed by atoms with E-state index in [2.05, 4.69) is 0 Å². The Labute approximate surface area is 236 Å². The molecule has 0 bridgehead atoms. The second-order valence-corrected chi connectivity index (χ2v) is 12.1. The molecule has 3 heterocycles. The number of amides is 3. The third-order valence-electron chi connectivity index (χ3n) is 7.84. The molecule has 2 atom stereocenters. The summed E-state index contributed by atoms with van der Waals surface area (Å²) in [6.45, 7) is 8.32. The lowest BCUT2D eigenvalue weighted by Crippen LogP contribution is -2.53. The lowest BCUT2D eigenvalue weighted by atomic mass is 10.1. The highest BCUT2D eigenvalue weighted by atomic mass is 16.6. The van der Waals surface area contributed by atoms with E-state index in [0.29, 0.717) is 19.7 Å². The number of carbonyl (C=O) groups is 3. The Balaban J connectivity index is 1.32. The average Bonchev–Trinajstić information content (AvgIpc) is 3.56. The third kappa shape index (κ3) is 6.44. The van der Waals surface area contributed by atoms with Gasteiger partial charge in [-0.05, 0) is 58.1 Å². The number of hydrogen-bond donors (Lipinski definition) is 0. The van der Waals surface area contributed by atoms with Gasteiger partial charge in [-0.15, -0.1) is 0 Å². The van der Waals surface area contributed by atoms with Crippen molar-refractivity contribution in [3.63, 3.8) is 0 Å². The topological polar surface area (TPSA) is 93.6 Å². The van der Waals surface area contributed by atoms with Crippen LogP contribution in [0.4, 0.5) is 4.79 Å². The summed E-state index contributed by atoms with van der Waals surface area (Å²) in [5.41, 5.74) is 1.36. The molecule has 1 aliphatic carbocycles. The Morgan fingerprint density at radius 3 is 2.60 bits per heavy atom.